The van der Waals surface area contributed by atoms with E-state index in [2.05, 4.69) is 31.9 Å². The normalized spacial score (nSPS) is 25.7. The van der Waals surface area contributed by atoms with Gasteiger partial charge in [-0.2, -0.15) is 0 Å². The molecule has 4 heterocycles. The monoisotopic (exact) mass is 351 g/mol. The van der Waals surface area contributed by atoms with Crippen LogP contribution in [0.1, 0.15) is 30.0 Å². The molecule has 2 atom stereocenters. The van der Waals surface area contributed by atoms with Crippen LogP contribution in [-0.4, -0.2) is 45.6 Å². The zero-order valence-electron chi connectivity index (χ0n) is 15.2. The lowest BCUT2D eigenvalue weighted by Gasteiger charge is -2.22. The van der Waals surface area contributed by atoms with Crippen molar-refractivity contribution >= 4 is 5.82 Å². The van der Waals surface area contributed by atoms with E-state index >= 15 is 0 Å². The van der Waals surface area contributed by atoms with Crippen molar-refractivity contribution in [2.75, 3.05) is 31.1 Å². The third-order valence-electron chi connectivity index (χ3n) is 6.13. The Kier molecular flexibility index (Phi) is 3.81. The molecule has 0 N–H and O–H groups in total. The van der Waals surface area contributed by atoms with E-state index in [0.717, 1.165) is 44.1 Å². The number of anilines is 1. The van der Waals surface area contributed by atoms with Crippen LogP contribution in [0.4, 0.5) is 5.82 Å². The summed E-state index contributed by atoms with van der Waals surface area (Å²) >= 11 is 0. The summed E-state index contributed by atoms with van der Waals surface area (Å²) in [4.78, 5) is 25.7. The number of likely N-dealkylation sites (tertiary alicyclic amines) is 1. The van der Waals surface area contributed by atoms with Gasteiger partial charge >= 0.3 is 0 Å². The quantitative estimate of drug-likeness (QED) is 0.838. The molecule has 1 saturated carbocycles. The third-order valence-corrected chi connectivity index (χ3v) is 6.13. The van der Waals surface area contributed by atoms with E-state index in [1.165, 1.54) is 18.5 Å². The third kappa shape index (κ3) is 3.03. The van der Waals surface area contributed by atoms with E-state index in [4.69, 9.17) is 0 Å². The Morgan fingerprint density at radius 3 is 2.54 bits per heavy atom. The molecule has 2 unspecified atom stereocenters. The maximum absolute atomic E-state index is 11.8. The van der Waals surface area contributed by atoms with Crippen LogP contribution in [-0.2, 0) is 13.6 Å². The van der Waals surface area contributed by atoms with E-state index in [-0.39, 0.29) is 5.56 Å². The molecule has 2 aromatic heterocycles. The summed E-state index contributed by atoms with van der Waals surface area (Å²) in [5.74, 6) is 3.17. The molecule has 0 radical (unpaired) electrons. The number of aromatic nitrogens is 3. The van der Waals surface area contributed by atoms with Gasteiger partial charge in [0.2, 0.25) is 0 Å². The molecule has 3 aliphatic rings. The van der Waals surface area contributed by atoms with E-state index in [1.54, 1.807) is 24.0 Å². The number of hydrogen-bond acceptors (Lipinski definition) is 5. The molecule has 0 bridgehead atoms. The summed E-state index contributed by atoms with van der Waals surface area (Å²) in [5, 5.41) is 0. The molecule has 0 amide bonds. The molecule has 3 fully saturated rings. The fourth-order valence-electron chi connectivity index (χ4n) is 4.49. The minimum atomic E-state index is 0.0725. The van der Waals surface area contributed by atoms with Crippen LogP contribution in [0, 0.1) is 11.8 Å². The first-order chi connectivity index (χ1) is 12.7. The maximum Gasteiger partial charge on any atom is 0.250 e. The topological polar surface area (TPSA) is 54.3 Å². The Bertz CT molecular complexity index is 861. The molecule has 6 heteroatoms. The summed E-state index contributed by atoms with van der Waals surface area (Å²) < 4.78 is 1.62. The maximum atomic E-state index is 11.8. The Labute approximate surface area is 153 Å². The highest BCUT2D eigenvalue weighted by molar-refractivity contribution is 5.42. The first kappa shape index (κ1) is 16.0. The average molecular weight is 351 g/mol. The van der Waals surface area contributed by atoms with Crippen molar-refractivity contribution in [3.63, 3.8) is 0 Å². The fraction of sp³-hybridized carbons (Fsp3) is 0.550. The molecule has 0 spiro atoms. The van der Waals surface area contributed by atoms with E-state index in [1.807, 2.05) is 6.20 Å². The fourth-order valence-corrected chi connectivity index (χ4v) is 4.49. The number of fused-ring (bicyclic) bond motifs is 1. The van der Waals surface area contributed by atoms with E-state index in [0.29, 0.717) is 17.8 Å². The molecule has 0 aromatic carbocycles. The molecule has 6 nitrogen and oxygen atoms in total. The predicted molar refractivity (Wildman–Crippen MR) is 100 cm³/mol. The Hall–Kier alpha value is -2.21. The molecule has 2 aliphatic heterocycles. The van der Waals surface area contributed by atoms with Crippen molar-refractivity contribution in [1.29, 1.82) is 0 Å². The van der Waals surface area contributed by atoms with Gasteiger partial charge in [0.25, 0.3) is 5.56 Å². The Morgan fingerprint density at radius 2 is 1.85 bits per heavy atom. The predicted octanol–water partition coefficient (Wildman–Crippen LogP) is 1.62. The molecule has 136 valence electrons. The van der Waals surface area contributed by atoms with Crippen LogP contribution >= 0.6 is 0 Å². The number of nitrogens with zero attached hydrogens (tertiary/aromatic N) is 5. The van der Waals surface area contributed by atoms with Gasteiger partial charge in [0.05, 0.1) is 0 Å². The first-order valence-corrected chi connectivity index (χ1v) is 9.60. The standard InChI is InChI=1S/C20H25N5O/c1-23-5-4-14(6-20(23)26)8-24-9-16-11-25(12-17(16)10-24)19-7-18(15-2-3-15)21-13-22-19/h4-7,13,15-17H,2-3,8-12H2,1H3. The summed E-state index contributed by atoms with van der Waals surface area (Å²) in [6.45, 7) is 5.26. The molecule has 26 heavy (non-hydrogen) atoms. The Balaban J connectivity index is 1.22. The highest BCUT2D eigenvalue weighted by atomic mass is 16.1. The summed E-state index contributed by atoms with van der Waals surface area (Å²) in [6, 6.07) is 6.03. The average Bonchev–Trinajstić information content (AvgIpc) is 3.31. The smallest absolute Gasteiger partial charge is 0.250 e. The lowest BCUT2D eigenvalue weighted by Crippen LogP contribution is -2.29. The van der Waals surface area contributed by atoms with Gasteiger partial charge in [0, 0.05) is 69.7 Å². The summed E-state index contributed by atoms with van der Waals surface area (Å²) in [6.07, 6.45) is 6.15. The van der Waals surface area contributed by atoms with Crippen LogP contribution in [0.3, 0.4) is 0 Å². The summed E-state index contributed by atoms with van der Waals surface area (Å²) in [5.41, 5.74) is 2.41. The molecular weight excluding hydrogens is 326 g/mol. The molecular formula is C20H25N5O. The largest absolute Gasteiger partial charge is 0.356 e. The van der Waals surface area contributed by atoms with Crippen LogP contribution in [0.15, 0.2) is 35.5 Å². The van der Waals surface area contributed by atoms with Gasteiger partial charge in [-0.15, -0.1) is 0 Å². The van der Waals surface area contributed by atoms with Gasteiger partial charge in [0.1, 0.15) is 12.1 Å². The SMILES string of the molecule is Cn1ccc(CN2CC3CN(c4cc(C5CC5)ncn4)CC3C2)cc1=O. The number of rotatable bonds is 4. The van der Waals surface area contributed by atoms with Crippen molar-refractivity contribution < 1.29 is 0 Å². The highest BCUT2D eigenvalue weighted by Crippen LogP contribution is 2.40. The van der Waals surface area contributed by atoms with Gasteiger partial charge in [-0.3, -0.25) is 9.69 Å². The van der Waals surface area contributed by atoms with Crippen LogP contribution in [0.25, 0.3) is 0 Å². The molecule has 2 saturated heterocycles. The zero-order valence-corrected chi connectivity index (χ0v) is 15.2. The second-order valence-corrected chi connectivity index (χ2v) is 8.18. The van der Waals surface area contributed by atoms with Gasteiger partial charge < -0.3 is 9.47 Å². The second kappa shape index (κ2) is 6.20. The number of pyridine rings is 1. The zero-order chi connectivity index (χ0) is 17.7. The van der Waals surface area contributed by atoms with Crippen LogP contribution in [0.5, 0.6) is 0 Å². The highest BCUT2D eigenvalue weighted by Gasteiger charge is 2.40. The van der Waals surface area contributed by atoms with E-state index < -0.39 is 0 Å². The number of hydrogen-bond donors (Lipinski definition) is 0. The van der Waals surface area contributed by atoms with Crippen LogP contribution in [0.2, 0.25) is 0 Å². The number of aryl methyl sites for hydroxylation is 1. The van der Waals surface area contributed by atoms with Gasteiger partial charge in [-0.1, -0.05) is 0 Å². The summed E-state index contributed by atoms with van der Waals surface area (Å²) in [7, 11) is 1.79. The van der Waals surface area contributed by atoms with Crippen molar-refractivity contribution in [2.24, 2.45) is 18.9 Å². The van der Waals surface area contributed by atoms with Gasteiger partial charge in [-0.25, -0.2) is 9.97 Å². The van der Waals surface area contributed by atoms with Gasteiger partial charge in [-0.05, 0) is 36.3 Å². The molecule has 1 aliphatic carbocycles. The van der Waals surface area contributed by atoms with Crippen molar-refractivity contribution in [1.82, 2.24) is 19.4 Å². The van der Waals surface area contributed by atoms with Crippen molar-refractivity contribution in [3.8, 4) is 0 Å². The first-order valence-electron chi connectivity index (χ1n) is 9.60. The minimum Gasteiger partial charge on any atom is -0.356 e. The lowest BCUT2D eigenvalue weighted by atomic mass is 10.0. The van der Waals surface area contributed by atoms with Crippen LogP contribution < -0.4 is 10.5 Å². The minimum absolute atomic E-state index is 0.0725. The Morgan fingerprint density at radius 1 is 1.08 bits per heavy atom. The molecule has 5 rings (SSSR count). The lowest BCUT2D eigenvalue weighted by molar-refractivity contribution is 0.308. The van der Waals surface area contributed by atoms with Crippen molar-refractivity contribution in [3.05, 3.63) is 52.3 Å². The van der Waals surface area contributed by atoms with Gasteiger partial charge in [0.15, 0.2) is 0 Å². The van der Waals surface area contributed by atoms with Crippen molar-refractivity contribution in [2.45, 2.75) is 25.3 Å². The van der Waals surface area contributed by atoms with E-state index in [9.17, 15) is 4.79 Å². The molecule has 2 aromatic rings. The second-order valence-electron chi connectivity index (χ2n) is 8.18.